The van der Waals surface area contributed by atoms with Gasteiger partial charge in [-0.25, -0.2) is 9.59 Å². The lowest BCUT2D eigenvalue weighted by molar-refractivity contribution is 0.0484. The van der Waals surface area contributed by atoms with Crippen LogP contribution in [0.4, 0.5) is 0 Å². The first kappa shape index (κ1) is 18.2. The maximum absolute atomic E-state index is 12.0. The van der Waals surface area contributed by atoms with Crippen molar-refractivity contribution in [2.75, 3.05) is 13.2 Å². The van der Waals surface area contributed by atoms with Crippen LogP contribution in [-0.4, -0.2) is 25.2 Å². The highest BCUT2D eigenvalue weighted by atomic mass is 16.5. The van der Waals surface area contributed by atoms with Crippen LogP contribution < -0.4 is 0 Å². The summed E-state index contributed by atoms with van der Waals surface area (Å²) in [5, 5.41) is 0. The number of carbonyl (C=O) groups is 2. The van der Waals surface area contributed by atoms with Crippen LogP contribution in [0.25, 0.3) is 0 Å². The zero-order valence-corrected chi connectivity index (χ0v) is 14.9. The third kappa shape index (κ3) is 5.19. The molecule has 6 rings (SSSR count). The minimum absolute atomic E-state index is 0.358. The maximum atomic E-state index is 12.0. The standard InChI is InChI=1S/C22H24O4/c23-21-19-11-13-20(14-12-19)22(24)26-16-4-2-6-18-9-7-17(8-10-18)5-1-3-15-25-21/h7-14H,1-6,15-16H2. The average molecular weight is 352 g/mol. The highest BCUT2D eigenvalue weighted by Crippen LogP contribution is 2.12. The van der Waals surface area contributed by atoms with E-state index in [2.05, 4.69) is 24.3 Å². The van der Waals surface area contributed by atoms with Gasteiger partial charge < -0.3 is 9.47 Å². The van der Waals surface area contributed by atoms with Crippen LogP contribution in [0.3, 0.4) is 0 Å². The summed E-state index contributed by atoms with van der Waals surface area (Å²) in [4.78, 5) is 24.1. The Morgan fingerprint density at radius 1 is 0.538 bits per heavy atom. The number of hydrogen-bond acceptors (Lipinski definition) is 4. The summed E-state index contributed by atoms with van der Waals surface area (Å²) in [5.74, 6) is -0.715. The molecule has 0 spiro atoms. The Morgan fingerprint density at radius 2 is 0.923 bits per heavy atom. The first-order valence-corrected chi connectivity index (χ1v) is 9.24. The number of esters is 2. The van der Waals surface area contributed by atoms with Gasteiger partial charge in [0.1, 0.15) is 0 Å². The molecule has 136 valence electrons. The monoisotopic (exact) mass is 352 g/mol. The first-order valence-electron chi connectivity index (χ1n) is 9.24. The molecule has 0 N–H and O–H groups in total. The summed E-state index contributed by atoms with van der Waals surface area (Å²) < 4.78 is 10.6. The molecule has 4 heteroatoms. The summed E-state index contributed by atoms with van der Waals surface area (Å²) in [5.41, 5.74) is 3.51. The van der Waals surface area contributed by atoms with Gasteiger partial charge in [0.15, 0.2) is 0 Å². The van der Waals surface area contributed by atoms with Crippen molar-refractivity contribution in [2.24, 2.45) is 0 Å². The maximum Gasteiger partial charge on any atom is 0.338 e. The Morgan fingerprint density at radius 3 is 1.31 bits per heavy atom. The van der Waals surface area contributed by atoms with Gasteiger partial charge in [0.05, 0.1) is 24.3 Å². The number of benzene rings is 2. The molecule has 0 aromatic heterocycles. The molecule has 0 fully saturated rings. The molecule has 4 aliphatic rings. The molecule has 4 nitrogen and oxygen atoms in total. The first-order chi connectivity index (χ1) is 12.7. The molecule has 0 saturated carbocycles. The second kappa shape index (κ2) is 9.18. The van der Waals surface area contributed by atoms with E-state index in [4.69, 9.17) is 9.47 Å². The van der Waals surface area contributed by atoms with Crippen molar-refractivity contribution in [3.05, 3.63) is 70.8 Å². The minimum atomic E-state index is -0.358. The van der Waals surface area contributed by atoms with Crippen molar-refractivity contribution in [2.45, 2.75) is 38.5 Å². The normalized spacial score (nSPS) is 16.8. The fourth-order valence-electron chi connectivity index (χ4n) is 2.97. The SMILES string of the molecule is O=C1OCCCCc2ccc(cc2)CCCCOC(=O)c2ccc1cc2. The van der Waals surface area contributed by atoms with E-state index < -0.39 is 0 Å². The summed E-state index contributed by atoms with van der Waals surface area (Å²) in [6.07, 6.45) is 5.61. The van der Waals surface area contributed by atoms with Crippen molar-refractivity contribution in [3.8, 4) is 0 Å². The van der Waals surface area contributed by atoms with Crippen LogP contribution in [-0.2, 0) is 22.3 Å². The molecule has 4 bridgehead atoms. The van der Waals surface area contributed by atoms with Gasteiger partial charge in [-0.15, -0.1) is 0 Å². The largest absolute Gasteiger partial charge is 0.462 e. The van der Waals surface area contributed by atoms with Crippen LogP contribution in [0.5, 0.6) is 0 Å². The quantitative estimate of drug-likeness (QED) is 0.661. The number of rotatable bonds is 0. The van der Waals surface area contributed by atoms with Crippen molar-refractivity contribution in [3.63, 3.8) is 0 Å². The molecule has 0 amide bonds. The topological polar surface area (TPSA) is 52.6 Å². The number of ether oxygens (including phenoxy) is 2. The van der Waals surface area contributed by atoms with Crippen LogP contribution >= 0.6 is 0 Å². The Balaban J connectivity index is 1.65. The molecule has 4 heterocycles. The van der Waals surface area contributed by atoms with Crippen molar-refractivity contribution in [1.29, 1.82) is 0 Å². The zero-order chi connectivity index (χ0) is 18.2. The van der Waals surface area contributed by atoms with E-state index in [-0.39, 0.29) is 11.9 Å². The average Bonchev–Trinajstić information content (AvgIpc) is 2.67. The highest BCUT2D eigenvalue weighted by Gasteiger charge is 2.11. The van der Waals surface area contributed by atoms with Gasteiger partial charge in [-0.2, -0.15) is 0 Å². The van der Waals surface area contributed by atoms with E-state index in [0.717, 1.165) is 38.5 Å². The Kier molecular flexibility index (Phi) is 6.42. The second-order valence-corrected chi connectivity index (χ2v) is 6.58. The minimum Gasteiger partial charge on any atom is -0.462 e. The Hall–Kier alpha value is -2.62. The molecule has 0 radical (unpaired) electrons. The van der Waals surface area contributed by atoms with E-state index in [1.165, 1.54) is 11.1 Å². The molecule has 0 saturated heterocycles. The zero-order valence-electron chi connectivity index (χ0n) is 14.9. The predicted molar refractivity (Wildman–Crippen MR) is 99.3 cm³/mol. The van der Waals surface area contributed by atoms with Crippen molar-refractivity contribution in [1.82, 2.24) is 0 Å². The number of hydrogen-bond donors (Lipinski definition) is 0. The van der Waals surface area contributed by atoms with Gasteiger partial charge in [0, 0.05) is 0 Å². The van der Waals surface area contributed by atoms with Crippen molar-refractivity contribution < 1.29 is 19.1 Å². The smallest absolute Gasteiger partial charge is 0.338 e. The molecule has 0 unspecified atom stereocenters. The van der Waals surface area contributed by atoms with Gasteiger partial charge in [-0.05, 0) is 73.9 Å². The van der Waals surface area contributed by atoms with E-state index >= 15 is 0 Å². The van der Waals surface area contributed by atoms with Gasteiger partial charge in [-0.3, -0.25) is 0 Å². The summed E-state index contributed by atoms with van der Waals surface area (Å²) in [6, 6.07) is 15.1. The van der Waals surface area contributed by atoms with Crippen LogP contribution in [0.1, 0.15) is 57.5 Å². The Bertz CT molecular complexity index is 668. The second-order valence-electron chi connectivity index (χ2n) is 6.58. The summed E-state index contributed by atoms with van der Waals surface area (Å²) >= 11 is 0. The fraction of sp³-hybridized carbons (Fsp3) is 0.364. The summed E-state index contributed by atoms with van der Waals surface area (Å²) in [7, 11) is 0. The van der Waals surface area contributed by atoms with Gasteiger partial charge in [0.2, 0.25) is 0 Å². The van der Waals surface area contributed by atoms with Crippen LogP contribution in [0.15, 0.2) is 48.5 Å². The van der Waals surface area contributed by atoms with E-state index in [1.807, 2.05) is 0 Å². The molecular formula is C22H24O4. The molecule has 2 aromatic rings. The molecule has 0 atom stereocenters. The molecular weight excluding hydrogens is 328 g/mol. The molecule has 4 aliphatic heterocycles. The van der Waals surface area contributed by atoms with Gasteiger partial charge >= 0.3 is 11.9 Å². The van der Waals surface area contributed by atoms with E-state index in [0.29, 0.717) is 24.3 Å². The van der Waals surface area contributed by atoms with Crippen LogP contribution in [0, 0.1) is 0 Å². The molecule has 26 heavy (non-hydrogen) atoms. The van der Waals surface area contributed by atoms with Gasteiger partial charge in [-0.1, -0.05) is 24.3 Å². The number of aryl methyl sites for hydroxylation is 2. The van der Waals surface area contributed by atoms with Crippen molar-refractivity contribution >= 4 is 11.9 Å². The lowest BCUT2D eigenvalue weighted by Gasteiger charge is -2.08. The third-order valence-corrected chi connectivity index (χ3v) is 4.57. The fourth-order valence-corrected chi connectivity index (χ4v) is 2.97. The highest BCUT2D eigenvalue weighted by molar-refractivity contribution is 5.93. The Labute approximate surface area is 154 Å². The van der Waals surface area contributed by atoms with E-state index in [9.17, 15) is 9.59 Å². The predicted octanol–water partition coefficient (Wildman–Crippen LogP) is 4.36. The third-order valence-electron chi connectivity index (χ3n) is 4.57. The lowest BCUT2D eigenvalue weighted by atomic mass is 10.0. The number of carbonyl (C=O) groups excluding carboxylic acids is 2. The van der Waals surface area contributed by atoms with Gasteiger partial charge in [0.25, 0.3) is 0 Å². The summed E-state index contributed by atoms with van der Waals surface area (Å²) in [6.45, 7) is 0.807. The van der Waals surface area contributed by atoms with Crippen LogP contribution in [0.2, 0.25) is 0 Å². The van der Waals surface area contributed by atoms with E-state index in [1.54, 1.807) is 24.3 Å². The molecule has 0 aliphatic carbocycles. The lowest BCUT2D eigenvalue weighted by Crippen LogP contribution is -2.09. The molecule has 2 aromatic carbocycles.